The van der Waals surface area contributed by atoms with Crippen molar-refractivity contribution in [3.8, 4) is 5.75 Å². The second-order valence-corrected chi connectivity index (χ2v) is 9.51. The molecule has 35 heavy (non-hydrogen) atoms. The van der Waals surface area contributed by atoms with Gasteiger partial charge in [0, 0.05) is 12.3 Å². The van der Waals surface area contributed by atoms with Crippen LogP contribution in [-0.2, 0) is 23.4 Å². The Kier molecular flexibility index (Phi) is 9.06. The molecule has 1 aliphatic heterocycles. The van der Waals surface area contributed by atoms with Gasteiger partial charge in [-0.15, -0.1) is 18.2 Å². The van der Waals surface area contributed by atoms with Gasteiger partial charge in [0.1, 0.15) is 29.4 Å². The SMILES string of the molecule is C=C[C@H](NP(=O)(OC[C@H]1O[C@@H](n2ccc(=O)[nH]c2=O)[C@@H](Cl)[C@@H]1O)Oc1ccccc1)C(=O)OCC. The van der Waals surface area contributed by atoms with Crippen molar-refractivity contribution in [2.24, 2.45) is 0 Å². The van der Waals surface area contributed by atoms with Crippen LogP contribution in [0.5, 0.6) is 5.75 Å². The van der Waals surface area contributed by atoms with Gasteiger partial charge in [0.25, 0.3) is 5.56 Å². The molecule has 0 saturated carbocycles. The summed E-state index contributed by atoms with van der Waals surface area (Å²) < 4.78 is 36.2. The molecule has 2 heterocycles. The van der Waals surface area contributed by atoms with Gasteiger partial charge in [0.2, 0.25) is 0 Å². The zero-order valence-electron chi connectivity index (χ0n) is 18.6. The highest BCUT2D eigenvalue weighted by molar-refractivity contribution is 7.52. The maximum Gasteiger partial charge on any atom is 0.459 e. The molecule has 6 atom stereocenters. The summed E-state index contributed by atoms with van der Waals surface area (Å²) in [4.78, 5) is 37.7. The Bertz CT molecular complexity index is 1190. The van der Waals surface area contributed by atoms with E-state index in [1.807, 2.05) is 0 Å². The number of nitrogens with one attached hydrogen (secondary N) is 2. The zero-order chi connectivity index (χ0) is 25.6. The Hall–Kier alpha value is -2.73. The van der Waals surface area contributed by atoms with E-state index in [4.69, 9.17) is 30.1 Å². The number of aliphatic hydroxyl groups is 1. The summed E-state index contributed by atoms with van der Waals surface area (Å²) in [7, 11) is -4.27. The van der Waals surface area contributed by atoms with Gasteiger partial charge in [0.05, 0.1) is 13.2 Å². The number of rotatable bonds is 11. The van der Waals surface area contributed by atoms with E-state index >= 15 is 0 Å². The summed E-state index contributed by atoms with van der Waals surface area (Å²) in [6.45, 7) is 4.74. The number of benzene rings is 1. The highest BCUT2D eigenvalue weighted by Gasteiger charge is 2.45. The van der Waals surface area contributed by atoms with Crippen molar-refractivity contribution in [2.75, 3.05) is 13.2 Å². The van der Waals surface area contributed by atoms with Gasteiger partial charge in [0.15, 0.2) is 6.23 Å². The van der Waals surface area contributed by atoms with Crippen molar-refractivity contribution in [1.29, 1.82) is 0 Å². The summed E-state index contributed by atoms with van der Waals surface area (Å²) in [5, 5.41) is 11.9. The molecule has 1 aromatic heterocycles. The highest BCUT2D eigenvalue weighted by atomic mass is 35.5. The number of esters is 1. The molecule has 1 aliphatic rings. The standard InChI is InChI=1S/C21H25ClN3O9P/c1-3-14(20(28)31-4-2)24-35(30,34-13-8-6-5-7-9-13)32-12-15-18(27)17(22)19(33-15)25-11-10-16(26)23-21(25)29/h3,5-11,14-15,17-19,27H,1,4,12H2,2H3,(H,24,30)(H,23,26,29)/t14-,15+,17-,18+,19+,35?/m0/s1. The molecular weight excluding hydrogens is 505 g/mol. The minimum absolute atomic E-state index is 0.0836. The maximum absolute atomic E-state index is 13.6. The van der Waals surface area contributed by atoms with Crippen LogP contribution < -0.4 is 20.9 Å². The predicted molar refractivity (Wildman–Crippen MR) is 125 cm³/mol. The van der Waals surface area contributed by atoms with E-state index in [1.54, 1.807) is 25.1 Å². The number of hydrogen-bond acceptors (Lipinski definition) is 9. The molecule has 12 nitrogen and oxygen atoms in total. The fraction of sp³-hybridized carbons (Fsp3) is 0.381. The van der Waals surface area contributed by atoms with Gasteiger partial charge in [-0.25, -0.2) is 14.2 Å². The molecule has 1 unspecified atom stereocenters. The Morgan fingerprint density at radius 3 is 2.71 bits per heavy atom. The molecule has 0 aliphatic carbocycles. The Morgan fingerprint density at radius 1 is 1.37 bits per heavy atom. The number of aliphatic hydroxyl groups excluding tert-OH is 1. The second kappa shape index (κ2) is 11.8. The lowest BCUT2D eigenvalue weighted by atomic mass is 10.2. The number of halogens is 1. The largest absolute Gasteiger partial charge is 0.465 e. The van der Waals surface area contributed by atoms with Crippen molar-refractivity contribution in [3.63, 3.8) is 0 Å². The molecule has 0 amide bonds. The van der Waals surface area contributed by atoms with Gasteiger partial charge in [-0.05, 0) is 19.1 Å². The van der Waals surface area contributed by atoms with Gasteiger partial charge in [-0.1, -0.05) is 24.3 Å². The summed E-state index contributed by atoms with van der Waals surface area (Å²) in [5.74, 6) is -0.575. The first-order valence-electron chi connectivity index (χ1n) is 10.5. The number of carbonyl (C=O) groups excluding carboxylic acids is 1. The van der Waals surface area contributed by atoms with Crippen molar-refractivity contribution in [1.82, 2.24) is 14.6 Å². The molecule has 1 saturated heterocycles. The third-order valence-corrected chi connectivity index (χ3v) is 6.88. The van der Waals surface area contributed by atoms with Crippen molar-refractivity contribution >= 4 is 25.3 Å². The molecule has 3 N–H and O–H groups in total. The summed E-state index contributed by atoms with van der Waals surface area (Å²) in [5.41, 5.74) is -1.40. The Balaban J connectivity index is 1.78. The minimum atomic E-state index is -4.27. The number of aromatic amines is 1. The van der Waals surface area contributed by atoms with Crippen molar-refractivity contribution in [2.45, 2.75) is 36.8 Å². The maximum atomic E-state index is 13.6. The van der Waals surface area contributed by atoms with E-state index in [0.717, 1.165) is 10.6 Å². The normalized spacial score (nSPS) is 24.3. The molecule has 0 radical (unpaired) electrons. The van der Waals surface area contributed by atoms with Crippen LogP contribution in [0.15, 0.2) is 64.8 Å². The van der Waals surface area contributed by atoms with Crippen LogP contribution in [0.4, 0.5) is 0 Å². The number of alkyl halides is 1. The lowest BCUT2D eigenvalue weighted by molar-refractivity contribution is -0.143. The average Bonchev–Trinajstić information content (AvgIpc) is 3.10. The molecule has 14 heteroatoms. The fourth-order valence-electron chi connectivity index (χ4n) is 3.18. The smallest absolute Gasteiger partial charge is 0.459 e. The van der Waals surface area contributed by atoms with E-state index in [9.17, 15) is 24.1 Å². The highest BCUT2D eigenvalue weighted by Crippen LogP contribution is 2.46. The third-order valence-electron chi connectivity index (χ3n) is 4.87. The van der Waals surface area contributed by atoms with Crippen LogP contribution >= 0.6 is 19.3 Å². The third kappa shape index (κ3) is 6.69. The predicted octanol–water partition coefficient (Wildman–Crippen LogP) is 1.31. The lowest BCUT2D eigenvalue weighted by Gasteiger charge is -2.24. The van der Waals surface area contributed by atoms with Gasteiger partial charge in [-0.3, -0.25) is 18.9 Å². The lowest BCUT2D eigenvalue weighted by Crippen LogP contribution is -2.37. The summed E-state index contributed by atoms with van der Waals surface area (Å²) in [6, 6.07) is 7.93. The molecule has 3 rings (SSSR count). The summed E-state index contributed by atoms with van der Waals surface area (Å²) >= 11 is 6.26. The number of para-hydroxylation sites is 1. The van der Waals surface area contributed by atoms with E-state index in [-0.39, 0.29) is 12.4 Å². The molecular formula is C21H25ClN3O9P. The minimum Gasteiger partial charge on any atom is -0.465 e. The summed E-state index contributed by atoms with van der Waals surface area (Å²) in [6.07, 6.45) is -1.27. The van der Waals surface area contributed by atoms with Gasteiger partial charge >= 0.3 is 19.4 Å². The van der Waals surface area contributed by atoms with Crippen LogP contribution in [0.2, 0.25) is 0 Å². The number of ether oxygens (including phenoxy) is 2. The van der Waals surface area contributed by atoms with Crippen LogP contribution in [0.1, 0.15) is 13.2 Å². The second-order valence-electron chi connectivity index (χ2n) is 7.31. The van der Waals surface area contributed by atoms with Gasteiger partial charge < -0.3 is 19.1 Å². The molecule has 0 bridgehead atoms. The van der Waals surface area contributed by atoms with E-state index < -0.39 is 61.4 Å². The van der Waals surface area contributed by atoms with E-state index in [0.29, 0.717) is 0 Å². The van der Waals surface area contributed by atoms with Crippen molar-refractivity contribution in [3.05, 3.63) is 76.1 Å². The molecule has 0 spiro atoms. The fourth-order valence-corrected chi connectivity index (χ4v) is 5.00. The van der Waals surface area contributed by atoms with Gasteiger partial charge in [-0.2, -0.15) is 5.09 Å². The first-order chi connectivity index (χ1) is 16.7. The van der Waals surface area contributed by atoms with E-state index in [2.05, 4.69) is 16.7 Å². The van der Waals surface area contributed by atoms with Crippen LogP contribution in [0.25, 0.3) is 0 Å². The first-order valence-corrected chi connectivity index (χ1v) is 12.5. The molecule has 190 valence electrons. The Morgan fingerprint density at radius 2 is 2.09 bits per heavy atom. The number of hydrogen-bond donors (Lipinski definition) is 3. The van der Waals surface area contributed by atoms with Crippen LogP contribution in [-0.4, -0.2) is 57.5 Å². The quantitative estimate of drug-likeness (QED) is 0.168. The molecule has 2 aromatic rings. The monoisotopic (exact) mass is 529 g/mol. The van der Waals surface area contributed by atoms with Crippen LogP contribution in [0.3, 0.4) is 0 Å². The average molecular weight is 530 g/mol. The van der Waals surface area contributed by atoms with E-state index in [1.165, 1.54) is 24.4 Å². The first kappa shape index (κ1) is 26.9. The number of nitrogens with zero attached hydrogens (tertiary/aromatic N) is 1. The van der Waals surface area contributed by atoms with Crippen molar-refractivity contribution < 1.29 is 33.0 Å². The number of aromatic nitrogens is 2. The Labute approximate surface area is 205 Å². The van der Waals surface area contributed by atoms with Crippen LogP contribution in [0, 0.1) is 0 Å². The molecule has 1 aromatic carbocycles. The number of H-pyrrole nitrogens is 1. The topological polar surface area (TPSA) is 158 Å². The molecule has 1 fully saturated rings. The zero-order valence-corrected chi connectivity index (χ0v) is 20.3. The number of carbonyl (C=O) groups is 1.